The lowest BCUT2D eigenvalue weighted by Crippen LogP contribution is -2.08. The predicted molar refractivity (Wildman–Crippen MR) is 69.3 cm³/mol. The molecule has 17 heavy (non-hydrogen) atoms. The predicted octanol–water partition coefficient (Wildman–Crippen LogP) is 2.69. The van der Waals surface area contributed by atoms with Crippen LogP contribution in [0.4, 0.5) is 5.69 Å². The van der Waals surface area contributed by atoms with Crippen molar-refractivity contribution in [2.24, 2.45) is 5.16 Å². The van der Waals surface area contributed by atoms with Crippen LogP contribution < -0.4 is 5.73 Å². The van der Waals surface area contributed by atoms with Gasteiger partial charge in [0.25, 0.3) is 0 Å². The molecule has 0 bridgehead atoms. The molecule has 3 N–H and O–H groups in total. The highest BCUT2D eigenvalue weighted by Gasteiger charge is 2.08. The van der Waals surface area contributed by atoms with Gasteiger partial charge in [-0.3, -0.25) is 0 Å². The van der Waals surface area contributed by atoms with Gasteiger partial charge in [-0.15, -0.1) is 0 Å². The summed E-state index contributed by atoms with van der Waals surface area (Å²) in [4.78, 5) is 0. The molecule has 86 valence electrons. The van der Waals surface area contributed by atoms with Gasteiger partial charge in [-0.1, -0.05) is 53.7 Å². The lowest BCUT2D eigenvalue weighted by Gasteiger charge is -2.07. The van der Waals surface area contributed by atoms with Gasteiger partial charge in [-0.05, 0) is 11.6 Å². The van der Waals surface area contributed by atoms with Gasteiger partial charge < -0.3 is 10.9 Å². The lowest BCUT2D eigenvalue weighted by molar-refractivity contribution is 0.318. The molecule has 2 aromatic carbocycles. The van der Waals surface area contributed by atoms with E-state index >= 15 is 0 Å². The Morgan fingerprint density at radius 2 is 1.65 bits per heavy atom. The summed E-state index contributed by atoms with van der Waals surface area (Å²) in [6.45, 7) is 0. The van der Waals surface area contributed by atoms with Crippen molar-refractivity contribution >= 4 is 11.4 Å². The van der Waals surface area contributed by atoms with Crippen molar-refractivity contribution in [3.05, 3.63) is 65.7 Å². The molecular formula is C14H14N2O. The van der Waals surface area contributed by atoms with E-state index in [1.54, 1.807) is 6.07 Å². The third-order valence-electron chi connectivity index (χ3n) is 2.61. The number of hydrogen-bond donors (Lipinski definition) is 2. The number of nitrogens with zero attached hydrogens (tertiary/aromatic N) is 1. The van der Waals surface area contributed by atoms with E-state index in [2.05, 4.69) is 5.16 Å². The Morgan fingerprint density at radius 3 is 2.29 bits per heavy atom. The maximum absolute atomic E-state index is 9.10. The largest absolute Gasteiger partial charge is 0.411 e. The fourth-order valence-electron chi connectivity index (χ4n) is 1.73. The average Bonchev–Trinajstić information content (AvgIpc) is 2.38. The highest BCUT2D eigenvalue weighted by atomic mass is 16.4. The first-order valence-electron chi connectivity index (χ1n) is 5.41. The zero-order chi connectivity index (χ0) is 12.1. The molecule has 0 aliphatic heterocycles. The van der Waals surface area contributed by atoms with Crippen LogP contribution in [0.15, 0.2) is 59.8 Å². The summed E-state index contributed by atoms with van der Waals surface area (Å²) >= 11 is 0. The quantitative estimate of drug-likeness (QED) is 0.366. The van der Waals surface area contributed by atoms with Gasteiger partial charge in [0.15, 0.2) is 0 Å². The Balaban J connectivity index is 2.28. The van der Waals surface area contributed by atoms with E-state index in [0.29, 0.717) is 17.8 Å². The minimum atomic E-state index is 0.561. The molecule has 2 aromatic rings. The molecular weight excluding hydrogens is 212 g/mol. The third-order valence-corrected chi connectivity index (χ3v) is 2.61. The number of rotatable bonds is 3. The second kappa shape index (κ2) is 5.16. The average molecular weight is 226 g/mol. The van der Waals surface area contributed by atoms with E-state index < -0.39 is 0 Å². The minimum Gasteiger partial charge on any atom is -0.411 e. The first-order chi connectivity index (χ1) is 8.31. The second-order valence-electron chi connectivity index (χ2n) is 3.80. The van der Waals surface area contributed by atoms with Crippen molar-refractivity contribution < 1.29 is 5.21 Å². The van der Waals surface area contributed by atoms with E-state index in [4.69, 9.17) is 10.9 Å². The van der Waals surface area contributed by atoms with Crippen molar-refractivity contribution in [2.75, 3.05) is 5.73 Å². The molecule has 0 heterocycles. The van der Waals surface area contributed by atoms with Gasteiger partial charge in [-0.2, -0.15) is 0 Å². The van der Waals surface area contributed by atoms with Crippen LogP contribution in [0, 0.1) is 0 Å². The van der Waals surface area contributed by atoms with Crippen LogP contribution in [0.25, 0.3) is 0 Å². The summed E-state index contributed by atoms with van der Waals surface area (Å²) in [5.74, 6) is 0. The van der Waals surface area contributed by atoms with Gasteiger partial charge >= 0.3 is 0 Å². The van der Waals surface area contributed by atoms with E-state index in [1.165, 1.54) is 0 Å². The number of anilines is 1. The molecule has 0 aromatic heterocycles. The molecule has 3 nitrogen and oxygen atoms in total. The fourth-order valence-corrected chi connectivity index (χ4v) is 1.73. The maximum atomic E-state index is 9.10. The normalized spacial score (nSPS) is 11.4. The summed E-state index contributed by atoms with van der Waals surface area (Å²) in [7, 11) is 0. The molecule has 0 unspecified atom stereocenters. The molecule has 0 aliphatic carbocycles. The number of nitrogens with two attached hydrogens (primary N) is 1. The minimum absolute atomic E-state index is 0.561. The summed E-state index contributed by atoms with van der Waals surface area (Å²) in [5.41, 5.74) is 8.92. The van der Waals surface area contributed by atoms with Crippen LogP contribution in [0.3, 0.4) is 0 Å². The molecule has 0 fully saturated rings. The molecule has 2 rings (SSSR count). The van der Waals surface area contributed by atoms with Crippen LogP contribution >= 0.6 is 0 Å². The molecule has 0 saturated carbocycles. The van der Waals surface area contributed by atoms with E-state index in [9.17, 15) is 0 Å². The van der Waals surface area contributed by atoms with E-state index in [-0.39, 0.29) is 0 Å². The Morgan fingerprint density at radius 1 is 1.00 bits per heavy atom. The number of oxime groups is 1. The molecule has 3 heteroatoms. The summed E-state index contributed by atoms with van der Waals surface area (Å²) in [6.07, 6.45) is 0.561. The van der Waals surface area contributed by atoms with Crippen LogP contribution in [0.5, 0.6) is 0 Å². The van der Waals surface area contributed by atoms with Gasteiger partial charge in [0, 0.05) is 17.7 Å². The number of hydrogen-bond acceptors (Lipinski definition) is 3. The van der Waals surface area contributed by atoms with Crippen molar-refractivity contribution in [3.63, 3.8) is 0 Å². The number of benzene rings is 2. The lowest BCUT2D eigenvalue weighted by atomic mass is 10.0. The SMILES string of the molecule is Nc1ccccc1/C(Cc1ccccc1)=N/O. The molecule has 0 amide bonds. The van der Waals surface area contributed by atoms with E-state index in [0.717, 1.165) is 11.1 Å². The molecule has 0 aliphatic rings. The fraction of sp³-hybridized carbons (Fsp3) is 0.0714. The number of nitrogen functional groups attached to an aromatic ring is 1. The Hall–Kier alpha value is -2.29. The van der Waals surface area contributed by atoms with Crippen molar-refractivity contribution in [2.45, 2.75) is 6.42 Å². The smallest absolute Gasteiger partial charge is 0.0932 e. The third kappa shape index (κ3) is 2.64. The summed E-state index contributed by atoms with van der Waals surface area (Å²) in [5, 5.41) is 12.4. The Bertz CT molecular complexity index is 521. The second-order valence-corrected chi connectivity index (χ2v) is 3.80. The van der Waals surface area contributed by atoms with Crippen LogP contribution in [-0.4, -0.2) is 10.9 Å². The molecule has 0 saturated heterocycles. The van der Waals surface area contributed by atoms with Crippen molar-refractivity contribution in [1.82, 2.24) is 0 Å². The van der Waals surface area contributed by atoms with Crippen molar-refractivity contribution in [3.8, 4) is 0 Å². The highest BCUT2D eigenvalue weighted by Crippen LogP contribution is 2.15. The Kier molecular flexibility index (Phi) is 3.40. The van der Waals surface area contributed by atoms with Crippen LogP contribution in [-0.2, 0) is 6.42 Å². The zero-order valence-electron chi connectivity index (χ0n) is 9.38. The standard InChI is InChI=1S/C14H14N2O/c15-13-9-5-4-8-12(13)14(16-17)10-11-6-2-1-3-7-11/h1-9,17H,10,15H2/b16-14+. The van der Waals surface area contributed by atoms with Gasteiger partial charge in [0.1, 0.15) is 0 Å². The molecule has 0 atom stereocenters. The Labute approximate surface area is 100 Å². The molecule has 0 spiro atoms. The van der Waals surface area contributed by atoms with Gasteiger partial charge in [0.2, 0.25) is 0 Å². The van der Waals surface area contributed by atoms with Crippen LogP contribution in [0.2, 0.25) is 0 Å². The first kappa shape index (κ1) is 11.2. The summed E-state index contributed by atoms with van der Waals surface area (Å²) in [6, 6.07) is 17.2. The number of para-hydroxylation sites is 1. The maximum Gasteiger partial charge on any atom is 0.0932 e. The molecule has 0 radical (unpaired) electrons. The van der Waals surface area contributed by atoms with Gasteiger partial charge in [0.05, 0.1) is 5.71 Å². The van der Waals surface area contributed by atoms with Crippen LogP contribution in [0.1, 0.15) is 11.1 Å². The highest BCUT2D eigenvalue weighted by molar-refractivity contribution is 6.05. The van der Waals surface area contributed by atoms with Crippen molar-refractivity contribution in [1.29, 1.82) is 0 Å². The zero-order valence-corrected chi connectivity index (χ0v) is 9.38. The monoisotopic (exact) mass is 226 g/mol. The first-order valence-corrected chi connectivity index (χ1v) is 5.41. The van der Waals surface area contributed by atoms with Gasteiger partial charge in [-0.25, -0.2) is 0 Å². The van der Waals surface area contributed by atoms with E-state index in [1.807, 2.05) is 48.5 Å². The summed E-state index contributed by atoms with van der Waals surface area (Å²) < 4.78 is 0. The topological polar surface area (TPSA) is 58.6 Å².